The molecule has 3 atom stereocenters. The highest BCUT2D eigenvalue weighted by molar-refractivity contribution is 5.71. The van der Waals surface area contributed by atoms with Crippen molar-refractivity contribution in [2.45, 2.75) is 76.8 Å². The van der Waals surface area contributed by atoms with Gasteiger partial charge in [0.25, 0.3) is 0 Å². The third-order valence-corrected chi connectivity index (χ3v) is 4.90. The maximum Gasteiger partial charge on any atom is 0.410 e. The van der Waals surface area contributed by atoms with Gasteiger partial charge in [-0.15, -0.1) is 0 Å². The van der Waals surface area contributed by atoms with Crippen LogP contribution in [0.15, 0.2) is 30.3 Å². The van der Waals surface area contributed by atoms with Gasteiger partial charge in [0.05, 0.1) is 12.1 Å². The van der Waals surface area contributed by atoms with Gasteiger partial charge in [-0.05, 0) is 52.0 Å². The molecule has 26 heavy (non-hydrogen) atoms. The van der Waals surface area contributed by atoms with Crippen molar-refractivity contribution in [3.8, 4) is 0 Å². The summed E-state index contributed by atoms with van der Waals surface area (Å²) < 4.78 is 10.9. The lowest BCUT2D eigenvalue weighted by atomic mass is 10.0. The average Bonchev–Trinajstić information content (AvgIpc) is 2.78. The average molecular weight is 360 g/mol. The monoisotopic (exact) mass is 360 g/mol. The predicted molar refractivity (Wildman–Crippen MR) is 97.7 cm³/mol. The second-order valence-electron chi connectivity index (χ2n) is 8.09. The van der Waals surface area contributed by atoms with Gasteiger partial charge >= 0.3 is 12.2 Å². The molecule has 2 saturated heterocycles. The van der Waals surface area contributed by atoms with E-state index in [2.05, 4.69) is 5.32 Å². The first-order valence-corrected chi connectivity index (χ1v) is 9.32. The lowest BCUT2D eigenvalue weighted by Gasteiger charge is -2.36. The van der Waals surface area contributed by atoms with E-state index in [1.165, 1.54) is 0 Å². The van der Waals surface area contributed by atoms with Gasteiger partial charge in [-0.2, -0.15) is 0 Å². The lowest BCUT2D eigenvalue weighted by molar-refractivity contribution is 0.00649. The summed E-state index contributed by atoms with van der Waals surface area (Å²) in [5.41, 5.74) is 0.425. The number of ether oxygens (including phenoxy) is 2. The smallest absolute Gasteiger partial charge is 0.410 e. The van der Waals surface area contributed by atoms with Crippen molar-refractivity contribution in [3.05, 3.63) is 35.9 Å². The minimum atomic E-state index is -0.522. The van der Waals surface area contributed by atoms with Crippen LogP contribution in [-0.4, -0.2) is 40.8 Å². The highest BCUT2D eigenvalue weighted by Gasteiger charge is 2.48. The number of nitrogens with one attached hydrogen (secondary N) is 1. The van der Waals surface area contributed by atoms with Gasteiger partial charge in [0, 0.05) is 6.04 Å². The molecular formula is C20H28N2O4. The number of fused-ring (bicyclic) bond motifs is 2. The van der Waals surface area contributed by atoms with Crippen LogP contribution in [0.4, 0.5) is 9.59 Å². The standard InChI is InChI=1S/C20H28N2O4/c1-20(2,3)26-19(24)22-15-10-7-11-17(22)16(12-15)21-18(23)25-13-14-8-5-4-6-9-14/h4-6,8-9,15-17H,7,10-13H2,1-3H3,(H,21,23)/t15-,16-,17+/m1/s1. The Morgan fingerprint density at radius 3 is 2.62 bits per heavy atom. The third kappa shape index (κ3) is 4.48. The number of carbonyl (C=O) groups excluding carboxylic acids is 2. The van der Waals surface area contributed by atoms with E-state index in [0.29, 0.717) is 0 Å². The van der Waals surface area contributed by atoms with Gasteiger partial charge in [-0.1, -0.05) is 30.3 Å². The zero-order chi connectivity index (χ0) is 18.7. The van der Waals surface area contributed by atoms with Gasteiger partial charge in [-0.25, -0.2) is 9.59 Å². The van der Waals surface area contributed by atoms with Gasteiger partial charge in [-0.3, -0.25) is 0 Å². The number of rotatable bonds is 3. The largest absolute Gasteiger partial charge is 0.445 e. The summed E-state index contributed by atoms with van der Waals surface area (Å²) in [5.74, 6) is 0. The Hall–Kier alpha value is -2.24. The Bertz CT molecular complexity index is 641. The molecule has 0 saturated carbocycles. The summed E-state index contributed by atoms with van der Waals surface area (Å²) in [4.78, 5) is 26.6. The van der Waals surface area contributed by atoms with E-state index in [9.17, 15) is 9.59 Å². The molecule has 0 unspecified atom stereocenters. The molecule has 2 bridgehead atoms. The molecule has 142 valence electrons. The number of amides is 2. The molecule has 1 aromatic carbocycles. The summed E-state index contributed by atoms with van der Waals surface area (Å²) in [6.07, 6.45) is 2.92. The summed E-state index contributed by atoms with van der Waals surface area (Å²) in [5, 5.41) is 2.96. The summed E-state index contributed by atoms with van der Waals surface area (Å²) in [6, 6.07) is 9.60. The Balaban J connectivity index is 1.57. The quantitative estimate of drug-likeness (QED) is 0.889. The normalized spacial score (nSPS) is 24.9. The number of nitrogens with zero attached hydrogens (tertiary/aromatic N) is 1. The fourth-order valence-corrected chi connectivity index (χ4v) is 3.86. The van der Waals surface area contributed by atoms with Crippen LogP contribution in [-0.2, 0) is 16.1 Å². The molecule has 6 heteroatoms. The van der Waals surface area contributed by atoms with E-state index in [1.807, 2.05) is 56.0 Å². The van der Waals surface area contributed by atoms with Crippen LogP contribution in [0, 0.1) is 0 Å². The zero-order valence-corrected chi connectivity index (χ0v) is 15.7. The van der Waals surface area contributed by atoms with Crippen LogP contribution in [0.5, 0.6) is 0 Å². The maximum atomic E-state index is 12.6. The summed E-state index contributed by atoms with van der Waals surface area (Å²) >= 11 is 0. The van der Waals surface area contributed by atoms with Gasteiger partial charge < -0.3 is 19.7 Å². The molecule has 2 fully saturated rings. The fraction of sp³-hybridized carbons (Fsp3) is 0.600. The molecule has 3 rings (SSSR count). The minimum absolute atomic E-state index is 0.0205. The van der Waals surface area contributed by atoms with Crippen LogP contribution in [0.25, 0.3) is 0 Å². The number of alkyl carbamates (subject to hydrolysis) is 1. The fourth-order valence-electron chi connectivity index (χ4n) is 3.86. The predicted octanol–water partition coefficient (Wildman–Crippen LogP) is 3.84. The van der Waals surface area contributed by atoms with E-state index in [0.717, 1.165) is 31.2 Å². The van der Waals surface area contributed by atoms with Crippen LogP contribution >= 0.6 is 0 Å². The molecule has 1 aromatic rings. The van der Waals surface area contributed by atoms with Crippen molar-refractivity contribution in [3.63, 3.8) is 0 Å². The van der Waals surface area contributed by atoms with Gasteiger partial charge in [0.2, 0.25) is 0 Å². The SMILES string of the molecule is CC(C)(C)OC(=O)N1[C@@H]2CCC[C@H]1[C@H](NC(=O)OCc1ccccc1)C2. The Morgan fingerprint density at radius 2 is 1.92 bits per heavy atom. The molecular weight excluding hydrogens is 332 g/mol. The van der Waals surface area contributed by atoms with E-state index in [-0.39, 0.29) is 30.8 Å². The maximum absolute atomic E-state index is 12.6. The Morgan fingerprint density at radius 1 is 1.19 bits per heavy atom. The number of hydrogen-bond donors (Lipinski definition) is 1. The van der Waals surface area contributed by atoms with Crippen molar-refractivity contribution in [2.75, 3.05) is 0 Å². The highest BCUT2D eigenvalue weighted by Crippen LogP contribution is 2.37. The third-order valence-electron chi connectivity index (χ3n) is 4.90. The van der Waals surface area contributed by atoms with Crippen LogP contribution in [0.2, 0.25) is 0 Å². The lowest BCUT2D eigenvalue weighted by Crippen LogP contribution is -2.51. The number of carbonyl (C=O) groups is 2. The summed E-state index contributed by atoms with van der Waals surface area (Å²) in [7, 11) is 0. The van der Waals surface area contributed by atoms with E-state index in [4.69, 9.17) is 9.47 Å². The van der Waals surface area contributed by atoms with Gasteiger partial charge in [0.1, 0.15) is 12.2 Å². The van der Waals surface area contributed by atoms with E-state index in [1.54, 1.807) is 0 Å². The first-order chi connectivity index (χ1) is 12.3. The number of piperidine rings is 1. The molecule has 1 N–H and O–H groups in total. The minimum Gasteiger partial charge on any atom is -0.445 e. The molecule has 2 aliphatic heterocycles. The van der Waals surface area contributed by atoms with Crippen LogP contribution < -0.4 is 5.32 Å². The second kappa shape index (κ2) is 7.56. The molecule has 0 aliphatic carbocycles. The topological polar surface area (TPSA) is 67.9 Å². The van der Waals surface area contributed by atoms with Crippen molar-refractivity contribution >= 4 is 12.2 Å². The molecule has 0 radical (unpaired) electrons. The van der Waals surface area contributed by atoms with Crippen LogP contribution in [0.3, 0.4) is 0 Å². The molecule has 0 aromatic heterocycles. The summed E-state index contributed by atoms with van der Waals surface area (Å²) in [6.45, 7) is 5.84. The van der Waals surface area contributed by atoms with Crippen molar-refractivity contribution in [2.24, 2.45) is 0 Å². The van der Waals surface area contributed by atoms with E-state index < -0.39 is 11.7 Å². The molecule has 0 spiro atoms. The highest BCUT2D eigenvalue weighted by atomic mass is 16.6. The second-order valence-corrected chi connectivity index (χ2v) is 8.09. The van der Waals surface area contributed by atoms with Crippen molar-refractivity contribution in [1.29, 1.82) is 0 Å². The van der Waals surface area contributed by atoms with Crippen molar-refractivity contribution in [1.82, 2.24) is 10.2 Å². The van der Waals surface area contributed by atoms with Crippen LogP contribution in [0.1, 0.15) is 52.0 Å². The first-order valence-electron chi connectivity index (χ1n) is 9.32. The molecule has 2 amide bonds. The molecule has 6 nitrogen and oxygen atoms in total. The Kier molecular flexibility index (Phi) is 5.39. The zero-order valence-electron chi connectivity index (χ0n) is 15.7. The molecule has 2 heterocycles. The number of hydrogen-bond acceptors (Lipinski definition) is 4. The van der Waals surface area contributed by atoms with Crippen molar-refractivity contribution < 1.29 is 19.1 Å². The number of benzene rings is 1. The van der Waals surface area contributed by atoms with Gasteiger partial charge in [0.15, 0.2) is 0 Å². The van der Waals surface area contributed by atoms with E-state index >= 15 is 0 Å². The first kappa shape index (κ1) is 18.5. The molecule has 2 aliphatic rings. The Labute approximate surface area is 154 Å².